The SMILES string of the molecule is CNC1CCC(Cl)C1. The van der Waals surface area contributed by atoms with Crippen molar-refractivity contribution in [3.8, 4) is 0 Å². The predicted molar refractivity (Wildman–Crippen MR) is 36.3 cm³/mol. The molecule has 0 saturated heterocycles. The van der Waals surface area contributed by atoms with Crippen molar-refractivity contribution in [2.24, 2.45) is 0 Å². The van der Waals surface area contributed by atoms with E-state index in [1.807, 2.05) is 7.05 Å². The minimum absolute atomic E-state index is 0.437. The Morgan fingerprint density at radius 2 is 2.25 bits per heavy atom. The Kier molecular flexibility index (Phi) is 2.15. The van der Waals surface area contributed by atoms with Gasteiger partial charge in [-0.1, -0.05) is 0 Å². The van der Waals surface area contributed by atoms with Crippen LogP contribution in [0.2, 0.25) is 0 Å². The standard InChI is InChI=1S/C6H12ClN/c1-8-6-3-2-5(7)4-6/h5-6,8H,2-4H2,1H3. The van der Waals surface area contributed by atoms with E-state index >= 15 is 0 Å². The van der Waals surface area contributed by atoms with Gasteiger partial charge in [0, 0.05) is 11.4 Å². The third-order valence-corrected chi connectivity index (χ3v) is 2.17. The molecule has 0 aromatic heterocycles. The maximum atomic E-state index is 5.85. The lowest BCUT2D eigenvalue weighted by atomic mass is 10.3. The zero-order chi connectivity index (χ0) is 5.98. The highest BCUT2D eigenvalue weighted by Gasteiger charge is 2.20. The van der Waals surface area contributed by atoms with Crippen LogP contribution in [0.4, 0.5) is 0 Å². The summed E-state index contributed by atoms with van der Waals surface area (Å²) in [5.41, 5.74) is 0. The van der Waals surface area contributed by atoms with E-state index in [-0.39, 0.29) is 0 Å². The van der Waals surface area contributed by atoms with Crippen molar-refractivity contribution in [3.05, 3.63) is 0 Å². The summed E-state index contributed by atoms with van der Waals surface area (Å²) in [6, 6.07) is 0.692. The van der Waals surface area contributed by atoms with Crippen LogP contribution in [0.5, 0.6) is 0 Å². The molecule has 0 heterocycles. The van der Waals surface area contributed by atoms with E-state index < -0.39 is 0 Å². The van der Waals surface area contributed by atoms with Crippen LogP contribution in [0.15, 0.2) is 0 Å². The summed E-state index contributed by atoms with van der Waals surface area (Å²) < 4.78 is 0. The normalized spacial score (nSPS) is 38.2. The Labute approximate surface area is 55.4 Å². The molecule has 0 aliphatic heterocycles. The second-order valence-electron chi connectivity index (χ2n) is 2.40. The molecule has 0 aromatic rings. The van der Waals surface area contributed by atoms with Gasteiger partial charge in [-0.25, -0.2) is 0 Å². The number of halogens is 1. The van der Waals surface area contributed by atoms with Crippen LogP contribution in [0.1, 0.15) is 19.3 Å². The number of hydrogen-bond donors (Lipinski definition) is 1. The van der Waals surface area contributed by atoms with Crippen LogP contribution >= 0.6 is 11.6 Å². The molecular weight excluding hydrogens is 122 g/mol. The zero-order valence-corrected chi connectivity index (χ0v) is 5.91. The molecule has 0 bridgehead atoms. The van der Waals surface area contributed by atoms with E-state index in [4.69, 9.17) is 11.6 Å². The summed E-state index contributed by atoms with van der Waals surface area (Å²) in [5.74, 6) is 0. The number of hydrogen-bond acceptors (Lipinski definition) is 1. The number of rotatable bonds is 1. The lowest BCUT2D eigenvalue weighted by molar-refractivity contribution is 0.583. The Morgan fingerprint density at radius 1 is 1.50 bits per heavy atom. The summed E-state index contributed by atoms with van der Waals surface area (Å²) in [7, 11) is 2.00. The predicted octanol–water partition coefficient (Wildman–Crippen LogP) is 1.37. The zero-order valence-electron chi connectivity index (χ0n) is 5.15. The molecule has 1 aliphatic carbocycles. The highest BCUT2D eigenvalue weighted by atomic mass is 35.5. The Balaban J connectivity index is 2.22. The van der Waals surface area contributed by atoms with Crippen molar-refractivity contribution in [3.63, 3.8) is 0 Å². The molecule has 1 saturated carbocycles. The average Bonchev–Trinajstić information content (AvgIpc) is 2.14. The van der Waals surface area contributed by atoms with Gasteiger partial charge in [0.25, 0.3) is 0 Å². The number of nitrogens with one attached hydrogen (secondary N) is 1. The van der Waals surface area contributed by atoms with Crippen molar-refractivity contribution in [2.45, 2.75) is 30.7 Å². The van der Waals surface area contributed by atoms with E-state index in [0.29, 0.717) is 11.4 Å². The quantitative estimate of drug-likeness (QED) is 0.533. The van der Waals surface area contributed by atoms with Gasteiger partial charge in [-0.05, 0) is 26.3 Å². The van der Waals surface area contributed by atoms with Gasteiger partial charge in [-0.15, -0.1) is 11.6 Å². The van der Waals surface area contributed by atoms with Crippen molar-refractivity contribution in [2.75, 3.05) is 7.05 Å². The molecule has 1 aliphatic rings. The highest BCUT2D eigenvalue weighted by molar-refractivity contribution is 6.20. The van der Waals surface area contributed by atoms with Gasteiger partial charge < -0.3 is 5.32 Å². The van der Waals surface area contributed by atoms with Crippen molar-refractivity contribution in [1.29, 1.82) is 0 Å². The van der Waals surface area contributed by atoms with Crippen LogP contribution in [0.3, 0.4) is 0 Å². The summed E-state index contributed by atoms with van der Waals surface area (Å²) in [6.45, 7) is 0. The summed E-state index contributed by atoms with van der Waals surface area (Å²) >= 11 is 5.85. The number of alkyl halides is 1. The van der Waals surface area contributed by atoms with Crippen LogP contribution in [-0.2, 0) is 0 Å². The first-order valence-electron chi connectivity index (χ1n) is 3.14. The largest absolute Gasteiger partial charge is 0.317 e. The van der Waals surface area contributed by atoms with Gasteiger partial charge in [0.05, 0.1) is 0 Å². The van der Waals surface area contributed by atoms with Crippen LogP contribution in [0, 0.1) is 0 Å². The second kappa shape index (κ2) is 2.70. The van der Waals surface area contributed by atoms with Gasteiger partial charge >= 0.3 is 0 Å². The monoisotopic (exact) mass is 133 g/mol. The van der Waals surface area contributed by atoms with Crippen LogP contribution in [-0.4, -0.2) is 18.5 Å². The van der Waals surface area contributed by atoms with Gasteiger partial charge in [0.15, 0.2) is 0 Å². The van der Waals surface area contributed by atoms with E-state index in [0.717, 1.165) is 6.42 Å². The lowest BCUT2D eigenvalue weighted by Gasteiger charge is -2.04. The molecule has 1 rings (SSSR count). The first-order chi connectivity index (χ1) is 3.83. The fraction of sp³-hybridized carbons (Fsp3) is 1.00. The van der Waals surface area contributed by atoms with Crippen molar-refractivity contribution < 1.29 is 0 Å². The summed E-state index contributed by atoms with van der Waals surface area (Å²) in [5, 5.41) is 3.65. The maximum absolute atomic E-state index is 5.85. The Hall–Kier alpha value is 0.250. The van der Waals surface area contributed by atoms with Crippen molar-refractivity contribution >= 4 is 11.6 Å². The third-order valence-electron chi connectivity index (χ3n) is 1.78. The van der Waals surface area contributed by atoms with Gasteiger partial charge in [0.2, 0.25) is 0 Å². The maximum Gasteiger partial charge on any atom is 0.0351 e. The topological polar surface area (TPSA) is 12.0 Å². The molecule has 1 nitrogen and oxygen atoms in total. The molecule has 0 aromatic carbocycles. The van der Waals surface area contributed by atoms with Crippen LogP contribution in [0.25, 0.3) is 0 Å². The second-order valence-corrected chi connectivity index (χ2v) is 3.01. The fourth-order valence-corrected chi connectivity index (χ4v) is 1.53. The summed E-state index contributed by atoms with van der Waals surface area (Å²) in [4.78, 5) is 0. The van der Waals surface area contributed by atoms with E-state index in [2.05, 4.69) is 5.32 Å². The van der Waals surface area contributed by atoms with Gasteiger partial charge in [-0.2, -0.15) is 0 Å². The molecule has 2 atom stereocenters. The fourth-order valence-electron chi connectivity index (χ4n) is 1.19. The molecular formula is C6H12ClN. The molecule has 2 heteroatoms. The van der Waals surface area contributed by atoms with Crippen molar-refractivity contribution in [1.82, 2.24) is 5.32 Å². The molecule has 1 N–H and O–H groups in total. The third kappa shape index (κ3) is 1.36. The summed E-state index contributed by atoms with van der Waals surface area (Å²) in [6.07, 6.45) is 3.59. The molecule has 0 spiro atoms. The van der Waals surface area contributed by atoms with E-state index in [1.165, 1.54) is 12.8 Å². The Bertz CT molecular complexity index is 74.9. The van der Waals surface area contributed by atoms with Gasteiger partial charge in [-0.3, -0.25) is 0 Å². The Morgan fingerprint density at radius 3 is 2.50 bits per heavy atom. The minimum Gasteiger partial charge on any atom is -0.317 e. The highest BCUT2D eigenvalue weighted by Crippen LogP contribution is 2.23. The smallest absolute Gasteiger partial charge is 0.0351 e. The molecule has 0 radical (unpaired) electrons. The van der Waals surface area contributed by atoms with E-state index in [1.54, 1.807) is 0 Å². The molecule has 2 unspecified atom stereocenters. The van der Waals surface area contributed by atoms with Gasteiger partial charge in [0.1, 0.15) is 0 Å². The molecule has 0 amide bonds. The van der Waals surface area contributed by atoms with E-state index in [9.17, 15) is 0 Å². The van der Waals surface area contributed by atoms with Crippen LogP contribution < -0.4 is 5.32 Å². The lowest BCUT2D eigenvalue weighted by Crippen LogP contribution is -2.21. The minimum atomic E-state index is 0.437. The first-order valence-corrected chi connectivity index (χ1v) is 3.58. The molecule has 48 valence electrons. The average molecular weight is 134 g/mol. The molecule has 8 heavy (non-hydrogen) atoms. The first kappa shape index (κ1) is 6.37. The molecule has 1 fully saturated rings.